The molecule has 2 aliphatic carbocycles. The standard InChI is InChI=1S/C32H30/c1-3-11-23(12-4-1)27-19-25-15-7-9-17-29(25)31(21-27)32-22-28(24-13-5-2-6-14-24)20-26-16-8-10-18-30(26)32/h1-6,11-14,19-22H,7-10,15-18H2. The molecule has 2 aliphatic rings. The number of fused-ring (bicyclic) bond motifs is 2. The monoisotopic (exact) mass is 414 g/mol. The fourth-order valence-corrected chi connectivity index (χ4v) is 5.81. The zero-order chi connectivity index (χ0) is 21.3. The van der Waals surface area contributed by atoms with Crippen LogP contribution in [0.15, 0.2) is 84.9 Å². The maximum absolute atomic E-state index is 2.50. The first-order valence-corrected chi connectivity index (χ1v) is 12.3. The Hall–Kier alpha value is -3.12. The summed E-state index contributed by atoms with van der Waals surface area (Å²) in [5.74, 6) is 0. The molecule has 32 heavy (non-hydrogen) atoms. The summed E-state index contributed by atoms with van der Waals surface area (Å²) in [5, 5.41) is 0. The molecule has 0 fully saturated rings. The van der Waals surface area contributed by atoms with E-state index < -0.39 is 0 Å². The summed E-state index contributed by atoms with van der Waals surface area (Å²) >= 11 is 0. The Balaban J connectivity index is 1.61. The van der Waals surface area contributed by atoms with Gasteiger partial charge in [0.05, 0.1) is 0 Å². The molecule has 0 heteroatoms. The first-order chi connectivity index (χ1) is 15.9. The smallest absolute Gasteiger partial charge is 0.0140 e. The zero-order valence-electron chi connectivity index (χ0n) is 18.7. The molecule has 0 aromatic heterocycles. The van der Waals surface area contributed by atoms with E-state index in [1.54, 1.807) is 22.3 Å². The Kier molecular flexibility index (Phi) is 5.15. The summed E-state index contributed by atoms with van der Waals surface area (Å²) in [6.45, 7) is 0. The van der Waals surface area contributed by atoms with Crippen LogP contribution in [0.4, 0.5) is 0 Å². The molecule has 0 aliphatic heterocycles. The molecule has 0 unspecified atom stereocenters. The van der Waals surface area contributed by atoms with E-state index in [2.05, 4.69) is 84.9 Å². The highest BCUT2D eigenvalue weighted by molar-refractivity contribution is 5.83. The molecule has 0 atom stereocenters. The van der Waals surface area contributed by atoms with Crippen LogP contribution in [0.5, 0.6) is 0 Å². The van der Waals surface area contributed by atoms with Crippen LogP contribution < -0.4 is 0 Å². The maximum atomic E-state index is 2.50. The van der Waals surface area contributed by atoms with E-state index in [1.807, 2.05) is 0 Å². The Bertz CT molecular complexity index is 1150. The lowest BCUT2D eigenvalue weighted by atomic mass is 9.78. The van der Waals surface area contributed by atoms with Gasteiger partial charge >= 0.3 is 0 Å². The van der Waals surface area contributed by atoms with E-state index in [4.69, 9.17) is 0 Å². The van der Waals surface area contributed by atoms with Gasteiger partial charge in [-0.25, -0.2) is 0 Å². The van der Waals surface area contributed by atoms with Gasteiger partial charge in [0.15, 0.2) is 0 Å². The Morgan fingerprint density at radius 3 is 1.22 bits per heavy atom. The maximum Gasteiger partial charge on any atom is -0.0140 e. The second-order valence-corrected chi connectivity index (χ2v) is 9.47. The Labute approximate surface area is 192 Å². The summed E-state index contributed by atoms with van der Waals surface area (Å²) in [5.41, 5.74) is 14.7. The first-order valence-electron chi connectivity index (χ1n) is 12.3. The molecule has 4 aromatic rings. The highest BCUT2D eigenvalue weighted by Crippen LogP contribution is 2.41. The largest absolute Gasteiger partial charge is 0.0622 e. The molecule has 0 saturated carbocycles. The molecule has 0 bridgehead atoms. The van der Waals surface area contributed by atoms with Crippen molar-refractivity contribution in [3.05, 3.63) is 107 Å². The van der Waals surface area contributed by atoms with Gasteiger partial charge in [0.25, 0.3) is 0 Å². The average Bonchev–Trinajstić information content (AvgIpc) is 2.88. The van der Waals surface area contributed by atoms with Crippen molar-refractivity contribution in [2.75, 3.05) is 0 Å². The third kappa shape index (κ3) is 3.58. The van der Waals surface area contributed by atoms with Gasteiger partial charge in [-0.1, -0.05) is 72.8 Å². The summed E-state index contributed by atoms with van der Waals surface area (Å²) in [4.78, 5) is 0. The van der Waals surface area contributed by atoms with Crippen LogP contribution in [0.2, 0.25) is 0 Å². The molecule has 0 heterocycles. The van der Waals surface area contributed by atoms with Gasteiger partial charge in [-0.2, -0.15) is 0 Å². The minimum atomic E-state index is 1.21. The van der Waals surface area contributed by atoms with Crippen molar-refractivity contribution in [1.29, 1.82) is 0 Å². The van der Waals surface area contributed by atoms with Crippen LogP contribution in [0.3, 0.4) is 0 Å². The van der Waals surface area contributed by atoms with E-state index in [0.29, 0.717) is 0 Å². The van der Waals surface area contributed by atoms with E-state index in [9.17, 15) is 0 Å². The third-order valence-electron chi connectivity index (χ3n) is 7.43. The van der Waals surface area contributed by atoms with Crippen molar-refractivity contribution in [2.24, 2.45) is 0 Å². The van der Waals surface area contributed by atoms with Crippen LogP contribution in [-0.4, -0.2) is 0 Å². The van der Waals surface area contributed by atoms with Gasteiger partial charge in [-0.05, 0) is 119 Å². The molecule has 158 valence electrons. The lowest BCUT2D eigenvalue weighted by Crippen LogP contribution is -2.09. The van der Waals surface area contributed by atoms with Gasteiger partial charge in [-0.15, -0.1) is 0 Å². The highest BCUT2D eigenvalue weighted by Gasteiger charge is 2.22. The molecule has 0 saturated heterocycles. The molecule has 0 spiro atoms. The van der Waals surface area contributed by atoms with Gasteiger partial charge in [0.2, 0.25) is 0 Å². The minimum absolute atomic E-state index is 1.21. The van der Waals surface area contributed by atoms with Crippen LogP contribution in [0, 0.1) is 0 Å². The van der Waals surface area contributed by atoms with Crippen LogP contribution >= 0.6 is 0 Å². The van der Waals surface area contributed by atoms with Crippen molar-refractivity contribution in [3.63, 3.8) is 0 Å². The number of aryl methyl sites for hydroxylation is 2. The summed E-state index contributed by atoms with van der Waals surface area (Å²) in [7, 11) is 0. The number of rotatable bonds is 3. The number of hydrogen-bond donors (Lipinski definition) is 0. The van der Waals surface area contributed by atoms with E-state index in [1.165, 1.54) is 84.7 Å². The SMILES string of the molecule is c1ccc(-c2cc3c(c(-c4cc(-c5ccccc5)cc5c4CCCC5)c2)CCCC3)cc1. The molecule has 0 nitrogen and oxygen atoms in total. The average molecular weight is 415 g/mol. The fraction of sp³-hybridized carbons (Fsp3) is 0.250. The van der Waals surface area contributed by atoms with E-state index >= 15 is 0 Å². The lowest BCUT2D eigenvalue weighted by molar-refractivity contribution is 0.682. The van der Waals surface area contributed by atoms with Gasteiger partial charge in [0, 0.05) is 0 Å². The second kappa shape index (κ2) is 8.43. The fourth-order valence-electron chi connectivity index (χ4n) is 5.81. The molecular formula is C32H30. The van der Waals surface area contributed by atoms with E-state index in [0.717, 1.165) is 0 Å². The van der Waals surface area contributed by atoms with E-state index in [-0.39, 0.29) is 0 Å². The Morgan fingerprint density at radius 1 is 0.375 bits per heavy atom. The molecular weight excluding hydrogens is 384 g/mol. The molecule has 0 radical (unpaired) electrons. The van der Waals surface area contributed by atoms with Crippen molar-refractivity contribution < 1.29 is 0 Å². The third-order valence-corrected chi connectivity index (χ3v) is 7.43. The molecule has 0 N–H and O–H groups in total. The first kappa shape index (κ1) is 19.6. The zero-order valence-corrected chi connectivity index (χ0v) is 18.7. The summed E-state index contributed by atoms with van der Waals surface area (Å²) in [6.07, 6.45) is 10.1. The van der Waals surface area contributed by atoms with Crippen molar-refractivity contribution in [3.8, 4) is 33.4 Å². The van der Waals surface area contributed by atoms with Crippen molar-refractivity contribution >= 4 is 0 Å². The Morgan fingerprint density at radius 2 is 0.781 bits per heavy atom. The number of hydrogen-bond acceptors (Lipinski definition) is 0. The molecule has 0 amide bonds. The predicted molar refractivity (Wildman–Crippen MR) is 136 cm³/mol. The van der Waals surface area contributed by atoms with Crippen LogP contribution in [0.25, 0.3) is 33.4 Å². The number of benzene rings is 4. The van der Waals surface area contributed by atoms with Gasteiger partial charge in [-0.3, -0.25) is 0 Å². The summed E-state index contributed by atoms with van der Waals surface area (Å²) < 4.78 is 0. The topological polar surface area (TPSA) is 0 Å². The molecule has 4 aromatic carbocycles. The molecule has 6 rings (SSSR count). The predicted octanol–water partition coefficient (Wildman–Crippen LogP) is 8.45. The lowest BCUT2D eigenvalue weighted by Gasteiger charge is -2.26. The minimum Gasteiger partial charge on any atom is -0.0622 e. The van der Waals surface area contributed by atoms with Crippen molar-refractivity contribution in [2.45, 2.75) is 51.4 Å². The van der Waals surface area contributed by atoms with Gasteiger partial charge in [0.1, 0.15) is 0 Å². The van der Waals surface area contributed by atoms with Gasteiger partial charge < -0.3 is 0 Å². The summed E-state index contributed by atoms with van der Waals surface area (Å²) in [6, 6.07) is 31.8. The normalized spacial score (nSPS) is 15.1. The van der Waals surface area contributed by atoms with Crippen LogP contribution in [0.1, 0.15) is 47.9 Å². The quantitative estimate of drug-likeness (QED) is 0.315. The second-order valence-electron chi connectivity index (χ2n) is 9.47. The van der Waals surface area contributed by atoms with Crippen LogP contribution in [-0.2, 0) is 25.7 Å². The van der Waals surface area contributed by atoms with Crippen molar-refractivity contribution in [1.82, 2.24) is 0 Å². The highest BCUT2D eigenvalue weighted by atomic mass is 14.3.